The summed E-state index contributed by atoms with van der Waals surface area (Å²) >= 11 is 1.90. The predicted molar refractivity (Wildman–Crippen MR) is 51.1 cm³/mol. The molecule has 1 saturated heterocycles. The highest BCUT2D eigenvalue weighted by Crippen LogP contribution is 2.30. The Labute approximate surface area is 77.5 Å². The van der Waals surface area contributed by atoms with E-state index in [2.05, 4.69) is 12.2 Å². The van der Waals surface area contributed by atoms with Crippen LogP contribution in [0.1, 0.15) is 19.8 Å². The highest BCUT2D eigenvalue weighted by Gasteiger charge is 2.35. The largest absolute Gasteiger partial charge is 0.353 e. The van der Waals surface area contributed by atoms with Gasteiger partial charge in [-0.3, -0.25) is 4.79 Å². The molecule has 0 aromatic carbocycles. The number of carbonyl (C=O) groups excluding carboxylic acids is 1. The molecule has 0 radical (unpaired) electrons. The molecule has 0 bridgehead atoms. The summed E-state index contributed by atoms with van der Waals surface area (Å²) in [5.74, 6) is 3.53. The topological polar surface area (TPSA) is 29.1 Å². The Kier molecular flexibility index (Phi) is 2.31. The van der Waals surface area contributed by atoms with E-state index in [0.29, 0.717) is 17.9 Å². The molecule has 2 rings (SSSR count). The smallest absolute Gasteiger partial charge is 0.224 e. The van der Waals surface area contributed by atoms with Crippen molar-refractivity contribution in [1.29, 1.82) is 0 Å². The van der Waals surface area contributed by atoms with Gasteiger partial charge in [0, 0.05) is 17.7 Å². The molecule has 68 valence electrons. The monoisotopic (exact) mass is 185 g/mol. The average Bonchev–Trinajstić information content (AvgIpc) is 2.58. The zero-order valence-electron chi connectivity index (χ0n) is 7.38. The van der Waals surface area contributed by atoms with Crippen molar-refractivity contribution in [2.24, 2.45) is 11.8 Å². The fourth-order valence-electron chi connectivity index (χ4n) is 1.57. The molecule has 0 spiro atoms. The quantitative estimate of drug-likeness (QED) is 0.702. The molecule has 1 unspecified atom stereocenters. The standard InChI is InChI=1S/C9H15NOS/c1-6-4-8(6)10-9(11)7-2-3-12-5-7/h6-8H,2-5H2,1H3,(H,10,11)/t6-,7?,8-/m1/s1. The summed E-state index contributed by atoms with van der Waals surface area (Å²) in [6.07, 6.45) is 2.27. The SMILES string of the molecule is C[C@@H]1C[C@H]1NC(=O)C1CCSC1. The van der Waals surface area contributed by atoms with Crippen LogP contribution in [0.15, 0.2) is 0 Å². The summed E-state index contributed by atoms with van der Waals surface area (Å²) in [7, 11) is 0. The van der Waals surface area contributed by atoms with Crippen LogP contribution in [0.5, 0.6) is 0 Å². The van der Waals surface area contributed by atoms with Gasteiger partial charge in [0.05, 0.1) is 0 Å². The molecule has 0 aromatic rings. The van der Waals surface area contributed by atoms with Gasteiger partial charge in [-0.05, 0) is 24.5 Å². The number of hydrogen-bond acceptors (Lipinski definition) is 2. The lowest BCUT2D eigenvalue weighted by Crippen LogP contribution is -2.32. The Bertz CT molecular complexity index is 189. The molecule has 1 amide bonds. The molecule has 1 heterocycles. The van der Waals surface area contributed by atoms with Crippen LogP contribution in [-0.4, -0.2) is 23.5 Å². The van der Waals surface area contributed by atoms with Gasteiger partial charge in [0.15, 0.2) is 0 Å². The summed E-state index contributed by atoms with van der Waals surface area (Å²) in [6.45, 7) is 2.19. The van der Waals surface area contributed by atoms with Crippen LogP contribution < -0.4 is 5.32 Å². The van der Waals surface area contributed by atoms with Crippen LogP contribution in [0.25, 0.3) is 0 Å². The molecule has 1 saturated carbocycles. The Morgan fingerprint density at radius 1 is 1.58 bits per heavy atom. The van der Waals surface area contributed by atoms with E-state index < -0.39 is 0 Å². The Hall–Kier alpha value is -0.180. The molecular formula is C9H15NOS. The van der Waals surface area contributed by atoms with Gasteiger partial charge in [0.2, 0.25) is 5.91 Å². The Morgan fingerprint density at radius 2 is 2.33 bits per heavy atom. The number of carbonyl (C=O) groups is 1. The van der Waals surface area contributed by atoms with E-state index in [9.17, 15) is 4.79 Å². The highest BCUT2D eigenvalue weighted by molar-refractivity contribution is 7.99. The lowest BCUT2D eigenvalue weighted by Gasteiger charge is -2.08. The fraction of sp³-hybridized carbons (Fsp3) is 0.889. The maximum Gasteiger partial charge on any atom is 0.224 e. The molecule has 0 aromatic heterocycles. The molecule has 2 aliphatic rings. The van der Waals surface area contributed by atoms with Gasteiger partial charge in [-0.1, -0.05) is 6.92 Å². The average molecular weight is 185 g/mol. The summed E-state index contributed by atoms with van der Waals surface area (Å²) in [5, 5.41) is 3.09. The predicted octanol–water partition coefficient (Wildman–Crippen LogP) is 1.26. The summed E-state index contributed by atoms with van der Waals surface area (Å²) in [4.78, 5) is 11.5. The van der Waals surface area contributed by atoms with Gasteiger partial charge in [-0.15, -0.1) is 0 Å². The summed E-state index contributed by atoms with van der Waals surface area (Å²) in [5.41, 5.74) is 0. The first-order valence-electron chi connectivity index (χ1n) is 4.65. The van der Waals surface area contributed by atoms with Gasteiger partial charge >= 0.3 is 0 Å². The van der Waals surface area contributed by atoms with Crippen molar-refractivity contribution in [3.05, 3.63) is 0 Å². The second kappa shape index (κ2) is 3.29. The van der Waals surface area contributed by atoms with Crippen molar-refractivity contribution < 1.29 is 4.79 Å². The summed E-state index contributed by atoms with van der Waals surface area (Å²) in [6, 6.07) is 0.503. The van der Waals surface area contributed by atoms with Crippen molar-refractivity contribution in [3.63, 3.8) is 0 Å². The number of nitrogens with one attached hydrogen (secondary N) is 1. The minimum absolute atomic E-state index is 0.300. The number of rotatable bonds is 2. The van der Waals surface area contributed by atoms with E-state index in [-0.39, 0.29) is 0 Å². The van der Waals surface area contributed by atoms with Gasteiger partial charge in [0.1, 0.15) is 0 Å². The minimum Gasteiger partial charge on any atom is -0.353 e. The second-order valence-corrected chi connectivity index (χ2v) is 5.04. The van der Waals surface area contributed by atoms with Gasteiger partial charge in [0.25, 0.3) is 0 Å². The van der Waals surface area contributed by atoms with E-state index in [1.807, 2.05) is 11.8 Å². The van der Waals surface area contributed by atoms with Crippen molar-refractivity contribution in [2.75, 3.05) is 11.5 Å². The van der Waals surface area contributed by atoms with Crippen LogP contribution in [0, 0.1) is 11.8 Å². The molecule has 1 aliphatic heterocycles. The molecule has 12 heavy (non-hydrogen) atoms. The zero-order valence-corrected chi connectivity index (χ0v) is 8.19. The van der Waals surface area contributed by atoms with Gasteiger partial charge < -0.3 is 5.32 Å². The van der Waals surface area contributed by atoms with Crippen LogP contribution in [0.4, 0.5) is 0 Å². The molecule has 3 atom stereocenters. The third-order valence-electron chi connectivity index (χ3n) is 2.74. The van der Waals surface area contributed by atoms with Crippen molar-refractivity contribution in [3.8, 4) is 0 Å². The van der Waals surface area contributed by atoms with Crippen LogP contribution >= 0.6 is 11.8 Å². The molecule has 1 aliphatic carbocycles. The lowest BCUT2D eigenvalue weighted by molar-refractivity contribution is -0.124. The first kappa shape index (κ1) is 8.42. The molecule has 3 heteroatoms. The first-order chi connectivity index (χ1) is 5.77. The van der Waals surface area contributed by atoms with Crippen LogP contribution in [0.3, 0.4) is 0 Å². The van der Waals surface area contributed by atoms with Crippen molar-refractivity contribution in [2.45, 2.75) is 25.8 Å². The molecule has 2 nitrogen and oxygen atoms in total. The maximum atomic E-state index is 11.5. The normalized spacial score (nSPS) is 39.6. The zero-order chi connectivity index (χ0) is 8.55. The van der Waals surface area contributed by atoms with Crippen molar-refractivity contribution >= 4 is 17.7 Å². The minimum atomic E-state index is 0.300. The van der Waals surface area contributed by atoms with Gasteiger partial charge in [-0.2, -0.15) is 11.8 Å². The Morgan fingerprint density at radius 3 is 2.83 bits per heavy atom. The maximum absolute atomic E-state index is 11.5. The van der Waals surface area contributed by atoms with Crippen LogP contribution in [-0.2, 0) is 4.79 Å². The number of thioether (sulfide) groups is 1. The van der Waals surface area contributed by atoms with Gasteiger partial charge in [-0.25, -0.2) is 0 Å². The van der Waals surface area contributed by atoms with E-state index in [0.717, 1.165) is 23.8 Å². The van der Waals surface area contributed by atoms with E-state index >= 15 is 0 Å². The fourth-order valence-corrected chi connectivity index (χ4v) is 2.79. The second-order valence-electron chi connectivity index (χ2n) is 3.89. The third kappa shape index (κ3) is 1.76. The summed E-state index contributed by atoms with van der Waals surface area (Å²) < 4.78 is 0. The Balaban J connectivity index is 1.76. The van der Waals surface area contributed by atoms with Crippen molar-refractivity contribution in [1.82, 2.24) is 5.32 Å². The lowest BCUT2D eigenvalue weighted by atomic mass is 10.1. The van der Waals surface area contributed by atoms with E-state index in [4.69, 9.17) is 0 Å². The number of amides is 1. The third-order valence-corrected chi connectivity index (χ3v) is 3.90. The van der Waals surface area contributed by atoms with E-state index in [1.54, 1.807) is 0 Å². The first-order valence-corrected chi connectivity index (χ1v) is 5.81. The number of hydrogen-bond donors (Lipinski definition) is 1. The molecular weight excluding hydrogens is 170 g/mol. The molecule has 2 fully saturated rings. The van der Waals surface area contributed by atoms with Crippen LogP contribution in [0.2, 0.25) is 0 Å². The highest BCUT2D eigenvalue weighted by atomic mass is 32.2. The van der Waals surface area contributed by atoms with E-state index in [1.165, 1.54) is 6.42 Å². The molecule has 1 N–H and O–H groups in total.